The van der Waals surface area contributed by atoms with E-state index in [2.05, 4.69) is 59.6 Å². The van der Waals surface area contributed by atoms with Crippen LogP contribution < -0.4 is 14.8 Å². The fourth-order valence-corrected chi connectivity index (χ4v) is 4.20. The van der Waals surface area contributed by atoms with E-state index in [4.69, 9.17) is 9.47 Å². The first-order valence-electron chi connectivity index (χ1n) is 10.1. The Labute approximate surface area is 162 Å². The number of benzene rings is 2. The Hall–Kier alpha value is -2.04. The Balaban J connectivity index is 1.30. The van der Waals surface area contributed by atoms with Crippen molar-refractivity contribution in [2.45, 2.75) is 51.4 Å². The summed E-state index contributed by atoms with van der Waals surface area (Å²) >= 11 is 0. The van der Waals surface area contributed by atoms with Gasteiger partial charge in [-0.05, 0) is 50.6 Å². The monoisotopic (exact) mass is 366 g/mol. The van der Waals surface area contributed by atoms with E-state index in [0.717, 1.165) is 44.1 Å². The maximum atomic E-state index is 5.92. The van der Waals surface area contributed by atoms with Crippen LogP contribution in [0.4, 0.5) is 0 Å². The van der Waals surface area contributed by atoms with Gasteiger partial charge in [0.2, 0.25) is 0 Å². The van der Waals surface area contributed by atoms with Gasteiger partial charge in [0, 0.05) is 36.7 Å². The number of hydrogen-bond acceptors (Lipinski definition) is 4. The molecule has 4 rings (SSSR count). The third-order valence-corrected chi connectivity index (χ3v) is 5.72. The van der Waals surface area contributed by atoms with Crippen LogP contribution in [0.15, 0.2) is 42.5 Å². The Kier molecular flexibility index (Phi) is 5.65. The van der Waals surface area contributed by atoms with Crippen molar-refractivity contribution in [3.63, 3.8) is 0 Å². The molecule has 0 radical (unpaired) electrons. The van der Waals surface area contributed by atoms with E-state index >= 15 is 0 Å². The Morgan fingerprint density at radius 2 is 1.93 bits per heavy atom. The highest BCUT2D eigenvalue weighted by molar-refractivity contribution is 5.48. The fraction of sp³-hybridized carbons (Fsp3) is 0.478. The van der Waals surface area contributed by atoms with Gasteiger partial charge in [-0.3, -0.25) is 4.90 Å². The SMILES string of the molecule is COc1cc2c(cc1CNC1CCN(Cc3ccccc3)CC1)O[C@H](C)C2. The van der Waals surface area contributed by atoms with Crippen LogP contribution in [0.5, 0.6) is 11.5 Å². The molecule has 4 heteroatoms. The average Bonchev–Trinajstić information content (AvgIpc) is 3.06. The first-order chi connectivity index (χ1) is 13.2. The van der Waals surface area contributed by atoms with Gasteiger partial charge >= 0.3 is 0 Å². The zero-order valence-corrected chi connectivity index (χ0v) is 16.4. The summed E-state index contributed by atoms with van der Waals surface area (Å²) < 4.78 is 11.5. The molecule has 1 N–H and O–H groups in total. The topological polar surface area (TPSA) is 33.7 Å². The first kappa shape index (κ1) is 18.3. The lowest BCUT2D eigenvalue weighted by Gasteiger charge is -2.32. The van der Waals surface area contributed by atoms with E-state index in [-0.39, 0.29) is 6.10 Å². The lowest BCUT2D eigenvalue weighted by atomic mass is 10.0. The van der Waals surface area contributed by atoms with Crippen LogP contribution in [-0.4, -0.2) is 37.2 Å². The Morgan fingerprint density at radius 3 is 2.67 bits per heavy atom. The zero-order chi connectivity index (χ0) is 18.6. The van der Waals surface area contributed by atoms with Crippen molar-refractivity contribution in [1.82, 2.24) is 10.2 Å². The molecule has 2 aromatic carbocycles. The molecule has 0 aromatic heterocycles. The van der Waals surface area contributed by atoms with Crippen molar-refractivity contribution in [1.29, 1.82) is 0 Å². The highest BCUT2D eigenvalue weighted by atomic mass is 16.5. The fourth-order valence-electron chi connectivity index (χ4n) is 4.20. The van der Waals surface area contributed by atoms with Crippen LogP contribution in [0.3, 0.4) is 0 Å². The van der Waals surface area contributed by atoms with Crippen LogP contribution >= 0.6 is 0 Å². The van der Waals surface area contributed by atoms with Crippen LogP contribution in [0.1, 0.15) is 36.5 Å². The van der Waals surface area contributed by atoms with Gasteiger partial charge in [0.05, 0.1) is 7.11 Å². The second-order valence-electron chi connectivity index (χ2n) is 7.82. The minimum absolute atomic E-state index is 0.266. The molecule has 2 aliphatic heterocycles. The molecule has 0 amide bonds. The molecule has 2 aliphatic rings. The Bertz CT molecular complexity index is 754. The summed E-state index contributed by atoms with van der Waals surface area (Å²) in [7, 11) is 1.76. The van der Waals surface area contributed by atoms with E-state index in [1.807, 2.05) is 0 Å². The maximum Gasteiger partial charge on any atom is 0.123 e. The summed E-state index contributed by atoms with van der Waals surface area (Å²) in [6, 6.07) is 15.6. The summed E-state index contributed by atoms with van der Waals surface area (Å²) in [5, 5.41) is 3.74. The van der Waals surface area contributed by atoms with Gasteiger partial charge in [0.25, 0.3) is 0 Å². The second-order valence-corrected chi connectivity index (χ2v) is 7.82. The zero-order valence-electron chi connectivity index (χ0n) is 16.4. The van der Waals surface area contributed by atoms with Gasteiger partial charge in [-0.1, -0.05) is 30.3 Å². The number of likely N-dealkylation sites (tertiary alicyclic amines) is 1. The molecule has 27 heavy (non-hydrogen) atoms. The number of piperidine rings is 1. The van der Waals surface area contributed by atoms with E-state index in [9.17, 15) is 0 Å². The van der Waals surface area contributed by atoms with E-state index in [1.54, 1.807) is 7.11 Å². The molecule has 2 heterocycles. The van der Waals surface area contributed by atoms with Crippen molar-refractivity contribution in [2.75, 3.05) is 20.2 Å². The molecule has 1 atom stereocenters. The molecule has 0 saturated carbocycles. The molecule has 0 spiro atoms. The lowest BCUT2D eigenvalue weighted by Crippen LogP contribution is -2.41. The number of nitrogens with zero attached hydrogens (tertiary/aromatic N) is 1. The summed E-state index contributed by atoms with van der Waals surface area (Å²) in [5.41, 5.74) is 3.86. The van der Waals surface area contributed by atoms with Gasteiger partial charge in [-0.15, -0.1) is 0 Å². The molecular weight excluding hydrogens is 336 g/mol. The molecule has 144 valence electrons. The predicted molar refractivity (Wildman–Crippen MR) is 108 cm³/mol. The summed E-state index contributed by atoms with van der Waals surface area (Å²) in [5.74, 6) is 2.00. The smallest absolute Gasteiger partial charge is 0.123 e. The van der Waals surface area contributed by atoms with E-state index in [1.165, 1.54) is 29.5 Å². The minimum atomic E-state index is 0.266. The lowest BCUT2D eigenvalue weighted by molar-refractivity contribution is 0.190. The standard InChI is InChI=1S/C23H30N2O2/c1-17-12-19-13-22(26-2)20(14-23(19)27-17)15-24-21-8-10-25(11-9-21)16-18-6-4-3-5-7-18/h3-7,13-14,17,21,24H,8-12,15-16H2,1-2H3/t17-/m1/s1. The van der Waals surface area contributed by atoms with E-state index in [0.29, 0.717) is 6.04 Å². The first-order valence-corrected chi connectivity index (χ1v) is 10.1. The third-order valence-electron chi connectivity index (χ3n) is 5.72. The molecule has 0 bridgehead atoms. The third kappa shape index (κ3) is 4.45. The van der Waals surface area contributed by atoms with Gasteiger partial charge in [0.1, 0.15) is 17.6 Å². The van der Waals surface area contributed by atoms with Crippen molar-refractivity contribution >= 4 is 0 Å². The number of hydrogen-bond donors (Lipinski definition) is 1. The number of rotatable bonds is 6. The van der Waals surface area contributed by atoms with E-state index < -0.39 is 0 Å². The largest absolute Gasteiger partial charge is 0.496 e. The highest BCUT2D eigenvalue weighted by Crippen LogP contribution is 2.35. The molecule has 0 aliphatic carbocycles. The highest BCUT2D eigenvalue weighted by Gasteiger charge is 2.23. The molecule has 4 nitrogen and oxygen atoms in total. The van der Waals surface area contributed by atoms with Crippen LogP contribution in [-0.2, 0) is 19.5 Å². The Morgan fingerprint density at radius 1 is 1.15 bits per heavy atom. The number of fused-ring (bicyclic) bond motifs is 1. The average molecular weight is 367 g/mol. The number of nitrogens with one attached hydrogen (secondary N) is 1. The summed E-state index contributed by atoms with van der Waals surface area (Å²) in [4.78, 5) is 2.55. The van der Waals surface area contributed by atoms with Gasteiger partial charge in [-0.25, -0.2) is 0 Å². The van der Waals surface area contributed by atoms with Crippen LogP contribution in [0.2, 0.25) is 0 Å². The molecular formula is C23H30N2O2. The normalized spacial score (nSPS) is 20.3. The molecule has 0 unspecified atom stereocenters. The molecule has 1 fully saturated rings. The van der Waals surface area contributed by atoms with Crippen LogP contribution in [0, 0.1) is 0 Å². The summed E-state index contributed by atoms with van der Waals surface area (Å²) in [6.45, 7) is 6.30. The van der Waals surface area contributed by atoms with Gasteiger partial charge in [-0.2, -0.15) is 0 Å². The van der Waals surface area contributed by atoms with Crippen molar-refractivity contribution in [3.8, 4) is 11.5 Å². The molecule has 1 saturated heterocycles. The molecule has 2 aromatic rings. The van der Waals surface area contributed by atoms with Gasteiger partial charge < -0.3 is 14.8 Å². The van der Waals surface area contributed by atoms with Crippen molar-refractivity contribution in [3.05, 3.63) is 59.2 Å². The van der Waals surface area contributed by atoms with Crippen molar-refractivity contribution < 1.29 is 9.47 Å². The number of methoxy groups -OCH3 is 1. The van der Waals surface area contributed by atoms with Gasteiger partial charge in [0.15, 0.2) is 0 Å². The minimum Gasteiger partial charge on any atom is -0.496 e. The van der Waals surface area contributed by atoms with Crippen molar-refractivity contribution in [2.24, 2.45) is 0 Å². The second kappa shape index (κ2) is 8.32. The van der Waals surface area contributed by atoms with Crippen LogP contribution in [0.25, 0.3) is 0 Å². The number of ether oxygens (including phenoxy) is 2. The maximum absolute atomic E-state index is 5.92. The summed E-state index contributed by atoms with van der Waals surface area (Å²) in [6.07, 6.45) is 3.61. The predicted octanol–water partition coefficient (Wildman–Crippen LogP) is 3.77. The quantitative estimate of drug-likeness (QED) is 0.844.